The maximum Gasteiger partial charge on any atom is 0.337 e. The van der Waals surface area contributed by atoms with E-state index in [1.165, 1.54) is 30.7 Å². The highest BCUT2D eigenvalue weighted by Crippen LogP contribution is 2.41. The molecule has 1 fully saturated rings. The number of hydrogen-bond donors (Lipinski definition) is 2. The molecule has 0 atom stereocenters. The van der Waals surface area contributed by atoms with Gasteiger partial charge in [-0.1, -0.05) is 12.1 Å². The quantitative estimate of drug-likeness (QED) is 0.381. The summed E-state index contributed by atoms with van der Waals surface area (Å²) in [5.74, 6) is -0.237. The smallest absolute Gasteiger partial charge is 0.337 e. The third kappa shape index (κ3) is 3.24. The van der Waals surface area contributed by atoms with Gasteiger partial charge < -0.3 is 15.0 Å². The van der Waals surface area contributed by atoms with Crippen LogP contribution in [0.5, 0.6) is 0 Å². The molecular formula is C26H23N5O2. The molecule has 0 unspecified atom stereocenters. The first-order valence-corrected chi connectivity index (χ1v) is 11.0. The van der Waals surface area contributed by atoms with Crippen LogP contribution in [0.1, 0.15) is 34.7 Å². The summed E-state index contributed by atoms with van der Waals surface area (Å²) >= 11 is 0. The summed E-state index contributed by atoms with van der Waals surface area (Å²) in [7, 11) is 3.99. The minimum atomic E-state index is -0.987. The Bertz CT molecular complexity index is 1530. The molecule has 1 aliphatic rings. The Kier molecular flexibility index (Phi) is 4.26. The number of aromatic amines is 1. The molecule has 7 nitrogen and oxygen atoms in total. The summed E-state index contributed by atoms with van der Waals surface area (Å²) in [6, 6.07) is 18.5. The van der Waals surface area contributed by atoms with Gasteiger partial charge in [0.25, 0.3) is 0 Å². The molecule has 0 amide bonds. The zero-order chi connectivity index (χ0) is 22.7. The average Bonchev–Trinajstić information content (AvgIpc) is 3.51. The van der Waals surface area contributed by atoms with Crippen LogP contribution in [-0.2, 0) is 7.05 Å². The first kappa shape index (κ1) is 19.5. The molecule has 6 rings (SSSR count). The van der Waals surface area contributed by atoms with Gasteiger partial charge in [0.2, 0.25) is 0 Å². The number of carboxylic acid groups (broad SMARTS) is 1. The molecule has 7 heteroatoms. The van der Waals surface area contributed by atoms with E-state index >= 15 is 0 Å². The highest BCUT2D eigenvalue weighted by atomic mass is 16.4. The van der Waals surface area contributed by atoms with Gasteiger partial charge in [-0.25, -0.2) is 4.79 Å². The number of nitrogens with one attached hydrogen (secondary N) is 1. The Balaban J connectivity index is 1.39. The molecule has 3 aromatic heterocycles. The molecule has 0 aliphatic heterocycles. The van der Waals surface area contributed by atoms with Gasteiger partial charge in [-0.15, -0.1) is 0 Å². The summed E-state index contributed by atoms with van der Waals surface area (Å²) in [5, 5.41) is 15.2. The van der Waals surface area contributed by atoms with Crippen molar-refractivity contribution in [3.8, 4) is 11.4 Å². The third-order valence-electron chi connectivity index (χ3n) is 6.56. The zero-order valence-electron chi connectivity index (χ0n) is 18.4. The van der Waals surface area contributed by atoms with Gasteiger partial charge in [0.15, 0.2) is 0 Å². The Hall–Kier alpha value is -4.13. The monoisotopic (exact) mass is 437 g/mol. The normalized spacial score (nSPS) is 13.6. The van der Waals surface area contributed by atoms with E-state index in [0.29, 0.717) is 11.0 Å². The maximum atomic E-state index is 11.6. The fourth-order valence-corrected chi connectivity index (χ4v) is 4.52. The van der Waals surface area contributed by atoms with Crippen LogP contribution in [0, 0.1) is 0 Å². The van der Waals surface area contributed by atoms with Crippen LogP contribution in [0.15, 0.2) is 60.8 Å². The Morgan fingerprint density at radius 3 is 2.58 bits per heavy atom. The summed E-state index contributed by atoms with van der Waals surface area (Å²) in [6.07, 6.45) is 4.12. The number of aromatic nitrogens is 4. The fourth-order valence-electron chi connectivity index (χ4n) is 4.52. The number of aryl methyl sites for hydroxylation is 1. The second kappa shape index (κ2) is 7.20. The van der Waals surface area contributed by atoms with E-state index in [2.05, 4.69) is 64.4 Å². The molecule has 0 saturated heterocycles. The SMILES string of the molecule is CN(c1ccc(C2CC2)cc1)c1ccc2c(-c3cc4nccc(C(=O)O)c4[nH]3)nn(C)c2c1. The molecule has 0 radical (unpaired) electrons. The Morgan fingerprint density at radius 1 is 1.09 bits per heavy atom. The minimum Gasteiger partial charge on any atom is -0.478 e. The van der Waals surface area contributed by atoms with Crippen molar-refractivity contribution in [2.24, 2.45) is 7.05 Å². The number of rotatable bonds is 5. The second-order valence-corrected chi connectivity index (χ2v) is 8.71. The standard InChI is InChI=1S/C26H23N5O2/c1-30(17-7-5-16(6-8-17)15-3-4-15)18-9-10-19-23(13-18)31(2)29-25(19)22-14-21-24(28-22)20(26(32)33)11-12-27-21/h5-15,28H,3-4H2,1-2H3,(H,32,33). The van der Waals surface area contributed by atoms with E-state index in [9.17, 15) is 9.90 Å². The lowest BCUT2D eigenvalue weighted by molar-refractivity contribution is 0.0698. The Morgan fingerprint density at radius 2 is 1.85 bits per heavy atom. The molecule has 1 saturated carbocycles. The largest absolute Gasteiger partial charge is 0.478 e. The van der Waals surface area contributed by atoms with Gasteiger partial charge >= 0.3 is 5.97 Å². The fraction of sp³-hybridized carbons (Fsp3) is 0.192. The van der Waals surface area contributed by atoms with E-state index in [1.807, 2.05) is 17.8 Å². The first-order valence-electron chi connectivity index (χ1n) is 11.0. The van der Waals surface area contributed by atoms with E-state index in [4.69, 9.17) is 5.10 Å². The number of carboxylic acids is 1. The number of aromatic carboxylic acids is 1. The summed E-state index contributed by atoms with van der Waals surface area (Å²) in [4.78, 5) is 21.3. The minimum absolute atomic E-state index is 0.197. The predicted octanol–water partition coefficient (Wildman–Crippen LogP) is 5.46. The van der Waals surface area contributed by atoms with Crippen molar-refractivity contribution in [3.63, 3.8) is 0 Å². The van der Waals surface area contributed by atoms with E-state index < -0.39 is 5.97 Å². The summed E-state index contributed by atoms with van der Waals surface area (Å²) in [5.41, 5.74) is 7.46. The highest BCUT2D eigenvalue weighted by Gasteiger charge is 2.23. The van der Waals surface area contributed by atoms with Gasteiger partial charge in [-0.3, -0.25) is 9.67 Å². The number of anilines is 2. The number of pyridine rings is 1. The zero-order valence-corrected chi connectivity index (χ0v) is 18.4. The second-order valence-electron chi connectivity index (χ2n) is 8.71. The lowest BCUT2D eigenvalue weighted by Crippen LogP contribution is -2.09. The van der Waals surface area contributed by atoms with Crippen LogP contribution < -0.4 is 4.90 Å². The van der Waals surface area contributed by atoms with Crippen molar-refractivity contribution in [2.45, 2.75) is 18.8 Å². The lowest BCUT2D eigenvalue weighted by Gasteiger charge is -2.20. The van der Waals surface area contributed by atoms with E-state index in [0.717, 1.165) is 39.6 Å². The number of hydrogen-bond acceptors (Lipinski definition) is 4. The number of benzene rings is 2. The van der Waals surface area contributed by atoms with Gasteiger partial charge in [0.05, 0.1) is 27.8 Å². The van der Waals surface area contributed by atoms with Crippen molar-refractivity contribution >= 4 is 39.3 Å². The van der Waals surface area contributed by atoms with Gasteiger partial charge in [0, 0.05) is 37.1 Å². The van der Waals surface area contributed by atoms with Crippen LogP contribution in [0.25, 0.3) is 33.3 Å². The molecule has 164 valence electrons. The molecule has 3 heterocycles. The molecule has 5 aromatic rings. The number of nitrogens with zero attached hydrogens (tertiary/aromatic N) is 4. The molecule has 1 aliphatic carbocycles. The number of H-pyrrole nitrogens is 1. The molecular weight excluding hydrogens is 414 g/mol. The summed E-state index contributed by atoms with van der Waals surface area (Å²) in [6.45, 7) is 0. The van der Waals surface area contributed by atoms with Crippen LogP contribution in [0.2, 0.25) is 0 Å². The molecule has 0 spiro atoms. The topological polar surface area (TPSA) is 87.0 Å². The summed E-state index contributed by atoms with van der Waals surface area (Å²) < 4.78 is 1.86. The third-order valence-corrected chi connectivity index (χ3v) is 6.56. The van der Waals surface area contributed by atoms with Crippen molar-refractivity contribution in [3.05, 3.63) is 71.9 Å². The average molecular weight is 438 g/mol. The predicted molar refractivity (Wildman–Crippen MR) is 129 cm³/mol. The number of fused-ring (bicyclic) bond motifs is 2. The Labute approximate surface area is 190 Å². The van der Waals surface area contributed by atoms with Crippen molar-refractivity contribution in [2.75, 3.05) is 11.9 Å². The molecule has 0 bridgehead atoms. The first-order chi connectivity index (χ1) is 16.0. The van der Waals surface area contributed by atoms with Crippen molar-refractivity contribution < 1.29 is 9.90 Å². The van der Waals surface area contributed by atoms with Crippen LogP contribution >= 0.6 is 0 Å². The van der Waals surface area contributed by atoms with Gasteiger partial charge in [-0.05, 0) is 66.8 Å². The number of carbonyl (C=O) groups is 1. The maximum absolute atomic E-state index is 11.6. The van der Waals surface area contributed by atoms with E-state index in [1.54, 1.807) is 0 Å². The van der Waals surface area contributed by atoms with Crippen molar-refractivity contribution in [1.29, 1.82) is 0 Å². The van der Waals surface area contributed by atoms with E-state index in [-0.39, 0.29) is 5.56 Å². The molecule has 2 N–H and O–H groups in total. The van der Waals surface area contributed by atoms with Gasteiger partial charge in [-0.2, -0.15) is 5.10 Å². The van der Waals surface area contributed by atoms with Crippen LogP contribution in [0.4, 0.5) is 11.4 Å². The van der Waals surface area contributed by atoms with Crippen LogP contribution in [0.3, 0.4) is 0 Å². The van der Waals surface area contributed by atoms with Crippen molar-refractivity contribution in [1.82, 2.24) is 19.7 Å². The van der Waals surface area contributed by atoms with Gasteiger partial charge in [0.1, 0.15) is 5.69 Å². The lowest BCUT2D eigenvalue weighted by atomic mass is 10.1. The highest BCUT2D eigenvalue weighted by molar-refractivity contribution is 6.03. The molecule has 2 aromatic carbocycles. The van der Waals surface area contributed by atoms with Crippen LogP contribution in [-0.4, -0.2) is 37.9 Å². The molecule has 33 heavy (non-hydrogen) atoms.